The van der Waals surface area contributed by atoms with Gasteiger partial charge < -0.3 is 4.90 Å². The molecule has 1 atom stereocenters. The van der Waals surface area contributed by atoms with Gasteiger partial charge in [-0.3, -0.25) is 0 Å². The Hall–Kier alpha value is -2.02. The predicted molar refractivity (Wildman–Crippen MR) is 115 cm³/mol. The molecule has 0 fully saturated rings. The van der Waals surface area contributed by atoms with E-state index in [1.54, 1.807) is 0 Å². The van der Waals surface area contributed by atoms with Gasteiger partial charge in [0.1, 0.15) is 0 Å². The van der Waals surface area contributed by atoms with E-state index in [1.807, 2.05) is 0 Å². The molecule has 0 aromatic heterocycles. The van der Waals surface area contributed by atoms with Gasteiger partial charge in [0.15, 0.2) is 0 Å². The quantitative estimate of drug-likeness (QED) is 0.383. The average Bonchev–Trinajstić information content (AvgIpc) is 3.11. The van der Waals surface area contributed by atoms with Gasteiger partial charge in [-0.15, -0.1) is 0 Å². The van der Waals surface area contributed by atoms with Crippen LogP contribution >= 0.6 is 0 Å². The van der Waals surface area contributed by atoms with Crippen LogP contribution in [0.1, 0.15) is 75.5 Å². The first kappa shape index (κ1) is 18.8. The Bertz CT molecular complexity index is 674. The third-order valence-electron chi connectivity index (χ3n) is 5.45. The van der Waals surface area contributed by atoms with Crippen LogP contribution in [0.4, 0.5) is 5.69 Å². The third-order valence-corrected chi connectivity index (χ3v) is 5.45. The lowest BCUT2D eigenvalue weighted by molar-refractivity contribution is 0.566. The topological polar surface area (TPSA) is 3.24 Å². The highest BCUT2D eigenvalue weighted by Crippen LogP contribution is 2.35. The van der Waals surface area contributed by atoms with Gasteiger partial charge in [0.2, 0.25) is 0 Å². The molecule has 0 spiro atoms. The Balaban J connectivity index is 1.57. The molecule has 1 nitrogen and oxygen atoms in total. The third kappa shape index (κ3) is 5.00. The number of fused-ring (bicyclic) bond motifs is 1. The van der Waals surface area contributed by atoms with Crippen LogP contribution in [0, 0.1) is 0 Å². The minimum atomic E-state index is 0.373. The van der Waals surface area contributed by atoms with E-state index < -0.39 is 0 Å². The zero-order valence-electron chi connectivity index (χ0n) is 16.2. The molecule has 0 aliphatic heterocycles. The van der Waals surface area contributed by atoms with Crippen LogP contribution in [-0.2, 0) is 0 Å². The van der Waals surface area contributed by atoms with Crippen LogP contribution in [0.5, 0.6) is 0 Å². The first-order valence-electron chi connectivity index (χ1n) is 10.5. The second-order valence-electron chi connectivity index (χ2n) is 7.44. The summed E-state index contributed by atoms with van der Waals surface area (Å²) in [5.74, 6) is 0. The zero-order valence-corrected chi connectivity index (χ0v) is 16.2. The van der Waals surface area contributed by atoms with Crippen molar-refractivity contribution in [2.45, 2.75) is 64.3 Å². The van der Waals surface area contributed by atoms with E-state index >= 15 is 0 Å². The predicted octanol–water partition coefficient (Wildman–Crippen LogP) is 7.40. The fourth-order valence-corrected chi connectivity index (χ4v) is 3.97. The van der Waals surface area contributed by atoms with E-state index in [2.05, 4.69) is 78.6 Å². The van der Waals surface area contributed by atoms with E-state index in [0.717, 1.165) is 6.54 Å². The molecule has 138 valence electrons. The summed E-state index contributed by atoms with van der Waals surface area (Å²) in [6.07, 6.45) is 15.6. The molecule has 1 aliphatic carbocycles. The normalized spacial score (nSPS) is 15.2. The van der Waals surface area contributed by atoms with Crippen LogP contribution in [0.2, 0.25) is 0 Å². The SMILES string of the molecule is CCCCCCCCCCN(c1ccccc1)C1C=Cc2ccccc21. The van der Waals surface area contributed by atoms with Crippen molar-refractivity contribution < 1.29 is 0 Å². The van der Waals surface area contributed by atoms with Crippen molar-refractivity contribution in [2.75, 3.05) is 11.4 Å². The summed E-state index contributed by atoms with van der Waals surface area (Å²) in [4.78, 5) is 2.58. The standard InChI is InChI=1S/C25H33N/c1-2-3-4-5-6-7-8-14-21-26(23-16-10-9-11-17-23)25-20-19-22-15-12-13-18-24(22)25/h9-13,15-20,25H,2-8,14,21H2,1H3. The van der Waals surface area contributed by atoms with E-state index in [9.17, 15) is 0 Å². The monoisotopic (exact) mass is 347 g/mol. The number of rotatable bonds is 11. The number of anilines is 1. The van der Waals surface area contributed by atoms with Gasteiger partial charge in [-0.05, 0) is 29.7 Å². The van der Waals surface area contributed by atoms with Crippen LogP contribution in [0.15, 0.2) is 60.7 Å². The molecule has 0 amide bonds. The molecule has 0 radical (unpaired) electrons. The largest absolute Gasteiger partial charge is 0.361 e. The second-order valence-corrected chi connectivity index (χ2v) is 7.44. The molecule has 0 heterocycles. The first-order valence-corrected chi connectivity index (χ1v) is 10.5. The molecule has 1 aliphatic rings. The smallest absolute Gasteiger partial charge is 0.0735 e. The Kier molecular flexibility index (Phi) is 7.37. The number of unbranched alkanes of at least 4 members (excludes halogenated alkanes) is 7. The lowest BCUT2D eigenvalue weighted by atomic mass is 10.0. The van der Waals surface area contributed by atoms with Crippen LogP contribution in [-0.4, -0.2) is 6.54 Å². The Morgan fingerprint density at radius 2 is 1.38 bits per heavy atom. The highest BCUT2D eigenvalue weighted by Gasteiger charge is 2.23. The number of hydrogen-bond donors (Lipinski definition) is 0. The average molecular weight is 348 g/mol. The maximum absolute atomic E-state index is 2.58. The Morgan fingerprint density at radius 1 is 0.731 bits per heavy atom. The van der Waals surface area contributed by atoms with Gasteiger partial charge in [0.05, 0.1) is 6.04 Å². The summed E-state index contributed by atoms with van der Waals surface area (Å²) in [5, 5.41) is 0. The summed E-state index contributed by atoms with van der Waals surface area (Å²) in [6, 6.07) is 20.1. The molecule has 0 saturated heterocycles. The molecule has 26 heavy (non-hydrogen) atoms. The minimum Gasteiger partial charge on any atom is -0.361 e. The maximum Gasteiger partial charge on any atom is 0.0735 e. The number of para-hydroxylation sites is 1. The number of nitrogens with zero attached hydrogens (tertiary/aromatic N) is 1. The molecule has 0 N–H and O–H groups in total. The highest BCUT2D eigenvalue weighted by atomic mass is 15.2. The van der Waals surface area contributed by atoms with Gasteiger partial charge in [-0.25, -0.2) is 0 Å². The van der Waals surface area contributed by atoms with Crippen LogP contribution < -0.4 is 4.90 Å². The summed E-state index contributed by atoms with van der Waals surface area (Å²) in [5.41, 5.74) is 4.15. The fraction of sp³-hybridized carbons (Fsp3) is 0.440. The summed E-state index contributed by atoms with van der Waals surface area (Å²) in [7, 11) is 0. The molecule has 1 heteroatoms. The Morgan fingerprint density at radius 3 is 2.15 bits per heavy atom. The maximum atomic E-state index is 2.58. The molecule has 3 rings (SSSR count). The second kappa shape index (κ2) is 10.2. The van der Waals surface area contributed by atoms with Gasteiger partial charge in [0, 0.05) is 12.2 Å². The number of benzene rings is 2. The summed E-state index contributed by atoms with van der Waals surface area (Å²) in [6.45, 7) is 3.41. The van der Waals surface area contributed by atoms with Gasteiger partial charge in [-0.2, -0.15) is 0 Å². The van der Waals surface area contributed by atoms with E-state index in [-0.39, 0.29) is 0 Å². The number of hydrogen-bond acceptors (Lipinski definition) is 1. The summed E-state index contributed by atoms with van der Waals surface area (Å²) < 4.78 is 0. The van der Waals surface area contributed by atoms with Crippen molar-refractivity contribution in [3.8, 4) is 0 Å². The fourth-order valence-electron chi connectivity index (χ4n) is 3.97. The Labute approximate surface area is 159 Å². The van der Waals surface area contributed by atoms with Crippen LogP contribution in [0.25, 0.3) is 6.08 Å². The minimum absolute atomic E-state index is 0.373. The van der Waals surface area contributed by atoms with Crippen molar-refractivity contribution in [3.63, 3.8) is 0 Å². The molecule has 0 saturated carbocycles. The lowest BCUT2D eigenvalue weighted by Gasteiger charge is -2.31. The molecule has 2 aromatic carbocycles. The van der Waals surface area contributed by atoms with Crippen molar-refractivity contribution in [3.05, 3.63) is 71.8 Å². The zero-order chi connectivity index (χ0) is 18.0. The van der Waals surface area contributed by atoms with Crippen LogP contribution in [0.3, 0.4) is 0 Å². The van der Waals surface area contributed by atoms with Crippen molar-refractivity contribution >= 4 is 11.8 Å². The summed E-state index contributed by atoms with van der Waals surface area (Å²) >= 11 is 0. The molecular weight excluding hydrogens is 314 g/mol. The van der Waals surface area contributed by atoms with E-state index in [0.29, 0.717) is 6.04 Å². The van der Waals surface area contributed by atoms with Gasteiger partial charge in [-0.1, -0.05) is 106 Å². The molecule has 0 bridgehead atoms. The van der Waals surface area contributed by atoms with Gasteiger partial charge >= 0.3 is 0 Å². The van der Waals surface area contributed by atoms with Crippen molar-refractivity contribution in [1.29, 1.82) is 0 Å². The highest BCUT2D eigenvalue weighted by molar-refractivity contribution is 5.65. The van der Waals surface area contributed by atoms with Gasteiger partial charge in [0.25, 0.3) is 0 Å². The lowest BCUT2D eigenvalue weighted by Crippen LogP contribution is -2.28. The first-order chi connectivity index (χ1) is 12.9. The molecule has 2 aromatic rings. The molecular formula is C25H33N. The van der Waals surface area contributed by atoms with Crippen molar-refractivity contribution in [1.82, 2.24) is 0 Å². The van der Waals surface area contributed by atoms with E-state index in [4.69, 9.17) is 0 Å². The van der Waals surface area contributed by atoms with Crippen molar-refractivity contribution in [2.24, 2.45) is 0 Å². The van der Waals surface area contributed by atoms with E-state index in [1.165, 1.54) is 68.2 Å². The molecule has 1 unspecified atom stereocenters.